The third-order valence-corrected chi connectivity index (χ3v) is 6.31. The Hall–Kier alpha value is -3.69. The van der Waals surface area contributed by atoms with E-state index in [0.29, 0.717) is 16.9 Å². The molecular formula is C22H19FN4O3S. The normalized spacial score (nSPS) is 16.8. The van der Waals surface area contributed by atoms with Crippen LogP contribution in [0.2, 0.25) is 0 Å². The van der Waals surface area contributed by atoms with Crippen LogP contribution in [0.25, 0.3) is 0 Å². The van der Waals surface area contributed by atoms with E-state index < -0.39 is 28.6 Å². The number of urea groups is 1. The van der Waals surface area contributed by atoms with Crippen molar-refractivity contribution < 1.29 is 17.6 Å². The lowest BCUT2D eigenvalue weighted by Gasteiger charge is -2.40. The molecule has 0 spiro atoms. The van der Waals surface area contributed by atoms with E-state index in [9.17, 15) is 22.9 Å². The second kappa shape index (κ2) is 8.21. The summed E-state index contributed by atoms with van der Waals surface area (Å²) in [5, 5.41) is 19.1. The van der Waals surface area contributed by atoms with Gasteiger partial charge in [0.25, 0.3) is 0 Å². The van der Waals surface area contributed by atoms with Crippen LogP contribution >= 0.6 is 0 Å². The standard InChI is InChI=1S/C22H19FN4O3S/c1-14-19(13-25)21(18-8-7-16(12-24)10-20(18)31(3,29)30)26(2)22(28)27(14)17-6-4-5-15(9-17)11-23/h4-10,21H,11H2,1-3H3/t21-/m1/s1. The zero-order valence-corrected chi connectivity index (χ0v) is 17.9. The number of nitriles is 2. The minimum Gasteiger partial charge on any atom is -0.315 e. The van der Waals surface area contributed by atoms with Gasteiger partial charge in [0.05, 0.1) is 39.9 Å². The number of benzene rings is 2. The minimum atomic E-state index is -3.76. The lowest BCUT2D eigenvalue weighted by Crippen LogP contribution is -2.47. The number of likely N-dealkylation sites (N-methyl/N-ethyl adjacent to an activating group) is 1. The van der Waals surface area contributed by atoms with Gasteiger partial charge in [-0.25, -0.2) is 17.6 Å². The Bertz CT molecular complexity index is 1290. The van der Waals surface area contributed by atoms with Gasteiger partial charge in [-0.15, -0.1) is 0 Å². The summed E-state index contributed by atoms with van der Waals surface area (Å²) in [6.45, 7) is 0.882. The molecule has 0 saturated heterocycles. The number of hydrogen-bond acceptors (Lipinski definition) is 5. The fourth-order valence-electron chi connectivity index (χ4n) is 3.66. The average Bonchev–Trinajstić information content (AvgIpc) is 2.75. The summed E-state index contributed by atoms with van der Waals surface area (Å²) in [6, 6.07) is 13.0. The molecule has 7 nitrogen and oxygen atoms in total. The van der Waals surface area contributed by atoms with Gasteiger partial charge in [0.15, 0.2) is 9.84 Å². The van der Waals surface area contributed by atoms with Gasteiger partial charge in [0.1, 0.15) is 6.67 Å². The molecule has 2 aromatic rings. The van der Waals surface area contributed by atoms with Crippen LogP contribution in [0.5, 0.6) is 0 Å². The summed E-state index contributed by atoms with van der Waals surface area (Å²) in [6.07, 6.45) is 1.01. The zero-order chi connectivity index (χ0) is 22.9. The molecule has 2 aromatic carbocycles. The molecule has 0 radical (unpaired) electrons. The number of halogens is 1. The number of rotatable bonds is 4. The van der Waals surface area contributed by atoms with Crippen LogP contribution in [0.4, 0.5) is 14.9 Å². The van der Waals surface area contributed by atoms with Crippen molar-refractivity contribution in [3.63, 3.8) is 0 Å². The Kier molecular flexibility index (Phi) is 5.83. The predicted molar refractivity (Wildman–Crippen MR) is 112 cm³/mol. The highest BCUT2D eigenvalue weighted by atomic mass is 32.2. The van der Waals surface area contributed by atoms with Crippen molar-refractivity contribution in [1.82, 2.24) is 4.90 Å². The average molecular weight is 438 g/mol. The van der Waals surface area contributed by atoms with E-state index >= 15 is 0 Å². The van der Waals surface area contributed by atoms with Gasteiger partial charge in [0.2, 0.25) is 0 Å². The Labute approximate surface area is 180 Å². The fourth-order valence-corrected chi connectivity index (χ4v) is 4.61. The number of allylic oxidation sites excluding steroid dienone is 1. The van der Waals surface area contributed by atoms with Gasteiger partial charge in [-0.3, -0.25) is 4.90 Å². The van der Waals surface area contributed by atoms with Crippen molar-refractivity contribution >= 4 is 21.6 Å². The number of carbonyl (C=O) groups is 1. The maximum Gasteiger partial charge on any atom is 0.329 e. The molecule has 158 valence electrons. The topological polar surface area (TPSA) is 105 Å². The van der Waals surface area contributed by atoms with E-state index in [1.807, 2.05) is 6.07 Å². The van der Waals surface area contributed by atoms with E-state index in [-0.39, 0.29) is 21.6 Å². The molecule has 0 saturated carbocycles. The van der Waals surface area contributed by atoms with Crippen LogP contribution < -0.4 is 4.90 Å². The van der Waals surface area contributed by atoms with Crippen molar-refractivity contribution in [2.45, 2.75) is 24.5 Å². The van der Waals surface area contributed by atoms with Crippen LogP contribution in [-0.2, 0) is 16.5 Å². The maximum absolute atomic E-state index is 13.3. The maximum atomic E-state index is 13.3. The highest BCUT2D eigenvalue weighted by Gasteiger charge is 2.39. The van der Waals surface area contributed by atoms with Gasteiger partial charge < -0.3 is 4.90 Å². The van der Waals surface area contributed by atoms with E-state index in [1.54, 1.807) is 25.1 Å². The summed E-state index contributed by atoms with van der Waals surface area (Å²) in [7, 11) is -2.29. The number of amides is 2. The molecule has 0 aromatic heterocycles. The van der Waals surface area contributed by atoms with Gasteiger partial charge in [-0.05, 0) is 42.3 Å². The molecule has 0 unspecified atom stereocenters. The first-order valence-corrected chi connectivity index (χ1v) is 11.1. The zero-order valence-electron chi connectivity index (χ0n) is 17.1. The second-order valence-electron chi connectivity index (χ2n) is 7.18. The smallest absolute Gasteiger partial charge is 0.315 e. The van der Waals surface area contributed by atoms with E-state index in [1.165, 1.54) is 41.1 Å². The third kappa shape index (κ3) is 3.88. The van der Waals surface area contributed by atoms with Crippen molar-refractivity contribution in [3.05, 3.63) is 70.4 Å². The Morgan fingerprint density at radius 3 is 2.42 bits per heavy atom. The molecule has 0 aliphatic carbocycles. The number of carbonyl (C=O) groups excluding carboxylic acids is 1. The summed E-state index contributed by atoms with van der Waals surface area (Å²) in [4.78, 5) is 15.7. The molecule has 1 heterocycles. The van der Waals surface area contributed by atoms with E-state index in [0.717, 1.165) is 6.26 Å². The molecule has 3 rings (SSSR count). The molecule has 2 amide bonds. The first-order chi connectivity index (χ1) is 14.6. The summed E-state index contributed by atoms with van der Waals surface area (Å²) in [5.41, 5.74) is 1.65. The molecule has 0 N–H and O–H groups in total. The van der Waals surface area contributed by atoms with Crippen molar-refractivity contribution in [2.75, 3.05) is 18.2 Å². The molecule has 1 atom stereocenters. The number of alkyl halides is 1. The molecule has 9 heteroatoms. The highest BCUT2D eigenvalue weighted by molar-refractivity contribution is 7.90. The summed E-state index contributed by atoms with van der Waals surface area (Å²) < 4.78 is 38.0. The monoisotopic (exact) mass is 438 g/mol. The van der Waals surface area contributed by atoms with Crippen molar-refractivity contribution in [3.8, 4) is 12.1 Å². The van der Waals surface area contributed by atoms with Gasteiger partial charge >= 0.3 is 6.03 Å². The van der Waals surface area contributed by atoms with Crippen LogP contribution in [0.1, 0.15) is 29.7 Å². The quantitative estimate of drug-likeness (QED) is 0.721. The minimum absolute atomic E-state index is 0.121. The largest absolute Gasteiger partial charge is 0.329 e. The number of nitrogens with zero attached hydrogens (tertiary/aromatic N) is 4. The SMILES string of the molecule is CC1=C(C#N)[C@@H](c2ccc(C#N)cc2S(C)(=O)=O)N(C)C(=O)N1c1cccc(CF)c1. The summed E-state index contributed by atoms with van der Waals surface area (Å²) >= 11 is 0. The van der Waals surface area contributed by atoms with Crippen LogP contribution in [0.3, 0.4) is 0 Å². The molecular weight excluding hydrogens is 419 g/mol. The second-order valence-corrected chi connectivity index (χ2v) is 9.17. The Morgan fingerprint density at radius 1 is 1.13 bits per heavy atom. The van der Waals surface area contributed by atoms with Gasteiger partial charge in [-0.1, -0.05) is 18.2 Å². The number of sulfone groups is 1. The third-order valence-electron chi connectivity index (χ3n) is 5.16. The molecule has 0 bridgehead atoms. The highest BCUT2D eigenvalue weighted by Crippen LogP contribution is 2.40. The van der Waals surface area contributed by atoms with E-state index in [4.69, 9.17) is 5.26 Å². The van der Waals surface area contributed by atoms with Crippen LogP contribution in [0, 0.1) is 22.7 Å². The van der Waals surface area contributed by atoms with Crippen molar-refractivity contribution in [1.29, 1.82) is 10.5 Å². The lowest BCUT2D eigenvalue weighted by molar-refractivity contribution is 0.202. The van der Waals surface area contributed by atoms with E-state index in [2.05, 4.69) is 6.07 Å². The van der Waals surface area contributed by atoms with Gasteiger partial charge in [0, 0.05) is 19.0 Å². The Balaban J connectivity index is 2.26. The first kappa shape index (κ1) is 22.0. The van der Waals surface area contributed by atoms with Crippen LogP contribution in [0.15, 0.2) is 58.6 Å². The molecule has 0 fully saturated rings. The lowest BCUT2D eigenvalue weighted by atomic mass is 9.93. The summed E-state index contributed by atoms with van der Waals surface area (Å²) in [5.74, 6) is 0. The Morgan fingerprint density at radius 2 is 1.84 bits per heavy atom. The van der Waals surface area contributed by atoms with Crippen molar-refractivity contribution in [2.24, 2.45) is 0 Å². The van der Waals surface area contributed by atoms with Gasteiger partial charge in [-0.2, -0.15) is 10.5 Å². The molecule has 1 aliphatic rings. The number of anilines is 1. The first-order valence-electron chi connectivity index (χ1n) is 9.20. The molecule has 31 heavy (non-hydrogen) atoms. The predicted octanol–water partition coefficient (Wildman–Crippen LogP) is 3.84. The number of hydrogen-bond donors (Lipinski definition) is 0. The fraction of sp³-hybridized carbons (Fsp3) is 0.227. The molecule has 1 aliphatic heterocycles. The van der Waals surface area contributed by atoms with Crippen LogP contribution in [-0.4, -0.2) is 32.7 Å².